The first-order valence-corrected chi connectivity index (χ1v) is 5.51. The summed E-state index contributed by atoms with van der Waals surface area (Å²) in [6.45, 7) is 5.88. The van der Waals surface area contributed by atoms with Gasteiger partial charge in [-0.3, -0.25) is 4.79 Å². The van der Waals surface area contributed by atoms with Gasteiger partial charge in [0, 0.05) is 12.8 Å². The molecule has 2 heteroatoms. The second-order valence-corrected chi connectivity index (χ2v) is 3.72. The number of ether oxygens (including phenoxy) is 1. The van der Waals surface area contributed by atoms with Gasteiger partial charge < -0.3 is 4.74 Å². The summed E-state index contributed by atoms with van der Waals surface area (Å²) in [5.41, 5.74) is 2.08. The quantitative estimate of drug-likeness (QED) is 0.730. The summed E-state index contributed by atoms with van der Waals surface area (Å²) >= 11 is 0. The van der Waals surface area contributed by atoms with Crippen LogP contribution in [-0.4, -0.2) is 12.9 Å². The first-order chi connectivity index (χ1) is 7.67. The molecule has 0 aliphatic heterocycles. The molecule has 16 heavy (non-hydrogen) atoms. The molecular weight excluding hydrogens is 200 g/mol. The summed E-state index contributed by atoms with van der Waals surface area (Å²) in [6.07, 6.45) is 1.93. The highest BCUT2D eigenvalue weighted by atomic mass is 16.5. The molecular formula is C14H18O2. The molecule has 2 nitrogen and oxygen atoms in total. The molecule has 0 unspecified atom stereocenters. The third kappa shape index (κ3) is 3.54. The van der Waals surface area contributed by atoms with Crippen molar-refractivity contribution in [2.75, 3.05) is 7.11 Å². The molecule has 86 valence electrons. The monoisotopic (exact) mass is 218 g/mol. The van der Waals surface area contributed by atoms with Gasteiger partial charge in [0.25, 0.3) is 0 Å². The van der Waals surface area contributed by atoms with Crippen LogP contribution in [0.5, 0.6) is 5.75 Å². The molecule has 0 amide bonds. The molecule has 0 N–H and O–H groups in total. The average Bonchev–Trinajstić information content (AvgIpc) is 2.35. The summed E-state index contributed by atoms with van der Waals surface area (Å²) in [6, 6.07) is 7.75. The number of carbonyl (C=O) groups excluding carboxylic acids is 1. The molecule has 0 aromatic heterocycles. The second-order valence-electron chi connectivity index (χ2n) is 3.72. The van der Waals surface area contributed by atoms with Crippen LogP contribution >= 0.6 is 0 Å². The van der Waals surface area contributed by atoms with Gasteiger partial charge in [0.1, 0.15) is 11.5 Å². The maximum atomic E-state index is 11.2. The molecule has 0 saturated heterocycles. The topological polar surface area (TPSA) is 26.3 Å². The lowest BCUT2D eigenvalue weighted by atomic mass is 10.0. The predicted octanol–water partition coefficient (Wildman–Crippen LogP) is 3.47. The van der Waals surface area contributed by atoms with Gasteiger partial charge >= 0.3 is 0 Å². The van der Waals surface area contributed by atoms with Crippen LogP contribution in [0.15, 0.2) is 30.8 Å². The number of hydrogen-bond donors (Lipinski definition) is 0. The van der Waals surface area contributed by atoms with Crippen molar-refractivity contribution in [2.24, 2.45) is 0 Å². The number of ketones is 1. The highest BCUT2D eigenvalue weighted by molar-refractivity contribution is 5.80. The van der Waals surface area contributed by atoms with Gasteiger partial charge in [-0.05, 0) is 29.7 Å². The molecule has 0 spiro atoms. The summed E-state index contributed by atoms with van der Waals surface area (Å²) in [7, 11) is 1.64. The fourth-order valence-corrected chi connectivity index (χ4v) is 1.44. The molecule has 0 atom stereocenters. The van der Waals surface area contributed by atoms with Crippen LogP contribution < -0.4 is 4.74 Å². The number of Topliss-reactive ketones (excluding diaryl/α,β-unsaturated/α-hetero) is 1. The predicted molar refractivity (Wildman–Crippen MR) is 66.6 cm³/mol. The van der Waals surface area contributed by atoms with E-state index in [4.69, 9.17) is 4.74 Å². The fraction of sp³-hybridized carbons (Fsp3) is 0.357. The summed E-state index contributed by atoms with van der Waals surface area (Å²) in [4.78, 5) is 11.2. The number of rotatable bonds is 6. The normalized spacial score (nSPS) is 9.88. The highest BCUT2D eigenvalue weighted by Gasteiger charge is 2.03. The van der Waals surface area contributed by atoms with E-state index < -0.39 is 0 Å². The van der Waals surface area contributed by atoms with Crippen molar-refractivity contribution in [1.82, 2.24) is 0 Å². The third-order valence-corrected chi connectivity index (χ3v) is 2.60. The Balaban J connectivity index is 2.56. The molecule has 0 aliphatic carbocycles. The van der Waals surface area contributed by atoms with Crippen LogP contribution in [0, 0.1) is 0 Å². The zero-order valence-electron chi connectivity index (χ0n) is 9.95. The smallest absolute Gasteiger partial charge is 0.132 e. The van der Waals surface area contributed by atoms with Crippen LogP contribution in [0.25, 0.3) is 5.57 Å². The maximum absolute atomic E-state index is 11.2. The van der Waals surface area contributed by atoms with Crippen molar-refractivity contribution < 1.29 is 9.53 Å². The van der Waals surface area contributed by atoms with E-state index >= 15 is 0 Å². The first-order valence-electron chi connectivity index (χ1n) is 5.51. The van der Waals surface area contributed by atoms with Gasteiger partial charge in [0.15, 0.2) is 0 Å². The van der Waals surface area contributed by atoms with Crippen LogP contribution in [0.3, 0.4) is 0 Å². The van der Waals surface area contributed by atoms with E-state index in [-0.39, 0.29) is 5.78 Å². The molecule has 0 heterocycles. The van der Waals surface area contributed by atoms with Gasteiger partial charge in [0.2, 0.25) is 0 Å². The summed E-state index contributed by atoms with van der Waals surface area (Å²) in [5, 5.41) is 0. The third-order valence-electron chi connectivity index (χ3n) is 2.60. The second kappa shape index (κ2) is 6.11. The molecule has 0 saturated carbocycles. The lowest BCUT2D eigenvalue weighted by Gasteiger charge is -2.06. The van der Waals surface area contributed by atoms with Gasteiger partial charge in [-0.25, -0.2) is 0 Å². The lowest BCUT2D eigenvalue weighted by Crippen LogP contribution is -1.95. The average molecular weight is 218 g/mol. The summed E-state index contributed by atoms with van der Waals surface area (Å²) < 4.78 is 5.08. The number of carbonyl (C=O) groups is 1. The number of methoxy groups -OCH3 is 1. The zero-order valence-corrected chi connectivity index (χ0v) is 9.95. The Kier molecular flexibility index (Phi) is 4.77. The molecule has 0 bridgehead atoms. The van der Waals surface area contributed by atoms with E-state index in [9.17, 15) is 4.79 Å². The van der Waals surface area contributed by atoms with Crippen LogP contribution in [-0.2, 0) is 4.79 Å². The zero-order chi connectivity index (χ0) is 12.0. The van der Waals surface area contributed by atoms with E-state index in [0.717, 1.165) is 23.3 Å². The van der Waals surface area contributed by atoms with Crippen molar-refractivity contribution in [1.29, 1.82) is 0 Å². The molecule has 0 radical (unpaired) electrons. The van der Waals surface area contributed by atoms with Crippen LogP contribution in [0.1, 0.15) is 31.7 Å². The summed E-state index contributed by atoms with van der Waals surface area (Å²) in [5.74, 6) is 1.12. The Bertz CT molecular complexity index is 363. The largest absolute Gasteiger partial charge is 0.497 e. The van der Waals surface area contributed by atoms with E-state index in [1.54, 1.807) is 7.11 Å². The molecule has 1 aromatic rings. The minimum atomic E-state index is 0.287. The SMILES string of the molecule is C=C(CCC(=O)CC)c1ccc(OC)cc1. The number of hydrogen-bond acceptors (Lipinski definition) is 2. The van der Waals surface area contributed by atoms with Gasteiger partial charge in [-0.2, -0.15) is 0 Å². The van der Waals surface area contributed by atoms with Gasteiger partial charge in [-0.15, -0.1) is 0 Å². The van der Waals surface area contributed by atoms with Crippen LogP contribution in [0.4, 0.5) is 0 Å². The minimum absolute atomic E-state index is 0.287. The maximum Gasteiger partial charge on any atom is 0.132 e. The molecule has 0 fully saturated rings. The molecule has 1 rings (SSSR count). The van der Waals surface area contributed by atoms with E-state index in [1.807, 2.05) is 31.2 Å². The standard InChI is InChI=1S/C14H18O2/c1-4-13(15)8-5-11(2)12-6-9-14(16-3)10-7-12/h6-7,9-10H,2,4-5,8H2,1,3H3. The van der Waals surface area contributed by atoms with Crippen molar-refractivity contribution in [3.8, 4) is 5.75 Å². The Morgan fingerprint density at radius 3 is 2.38 bits per heavy atom. The minimum Gasteiger partial charge on any atom is -0.497 e. The van der Waals surface area contributed by atoms with Gasteiger partial charge in [-0.1, -0.05) is 25.6 Å². The van der Waals surface area contributed by atoms with E-state index in [2.05, 4.69) is 6.58 Å². The molecule has 0 aliphatic rings. The van der Waals surface area contributed by atoms with Crippen molar-refractivity contribution in [2.45, 2.75) is 26.2 Å². The van der Waals surface area contributed by atoms with Crippen molar-refractivity contribution in [3.63, 3.8) is 0 Å². The Hall–Kier alpha value is -1.57. The Labute approximate surface area is 96.9 Å². The Morgan fingerprint density at radius 2 is 1.88 bits per heavy atom. The number of allylic oxidation sites excluding steroid dienone is 1. The molecule has 1 aromatic carbocycles. The van der Waals surface area contributed by atoms with Crippen molar-refractivity contribution >= 4 is 11.4 Å². The van der Waals surface area contributed by atoms with Crippen molar-refractivity contribution in [3.05, 3.63) is 36.4 Å². The fourth-order valence-electron chi connectivity index (χ4n) is 1.44. The van der Waals surface area contributed by atoms with E-state index in [1.165, 1.54) is 0 Å². The lowest BCUT2D eigenvalue weighted by molar-refractivity contribution is -0.118. The Morgan fingerprint density at radius 1 is 1.25 bits per heavy atom. The van der Waals surface area contributed by atoms with E-state index in [0.29, 0.717) is 12.8 Å². The van der Waals surface area contributed by atoms with Crippen LogP contribution in [0.2, 0.25) is 0 Å². The number of benzene rings is 1. The first kappa shape index (κ1) is 12.5. The van der Waals surface area contributed by atoms with Gasteiger partial charge in [0.05, 0.1) is 7.11 Å². The highest BCUT2D eigenvalue weighted by Crippen LogP contribution is 2.21.